The van der Waals surface area contributed by atoms with Gasteiger partial charge in [-0.15, -0.1) is 6.58 Å². The van der Waals surface area contributed by atoms with E-state index in [0.717, 1.165) is 6.42 Å². The molecule has 1 aliphatic rings. The minimum absolute atomic E-state index is 0.299. The van der Waals surface area contributed by atoms with Gasteiger partial charge in [0.05, 0.1) is 12.2 Å². The zero-order valence-electron chi connectivity index (χ0n) is 14.2. The summed E-state index contributed by atoms with van der Waals surface area (Å²) in [6, 6.07) is 6.34. The van der Waals surface area contributed by atoms with Crippen molar-refractivity contribution in [3.8, 4) is 0 Å². The quantitative estimate of drug-likeness (QED) is 0.476. The summed E-state index contributed by atoms with van der Waals surface area (Å²) in [6.07, 6.45) is 2.53. The van der Waals surface area contributed by atoms with Gasteiger partial charge < -0.3 is 15.4 Å². The number of anilines is 1. The predicted molar refractivity (Wildman–Crippen MR) is 100 cm³/mol. The van der Waals surface area contributed by atoms with Crippen LogP contribution in [-0.4, -0.2) is 53.4 Å². The van der Waals surface area contributed by atoms with Crippen molar-refractivity contribution >= 4 is 35.0 Å². The number of nitrogens with zero attached hydrogens (tertiary/aromatic N) is 2. The fourth-order valence-corrected chi connectivity index (χ4v) is 2.68. The lowest BCUT2D eigenvalue weighted by Crippen LogP contribution is -2.50. The maximum atomic E-state index is 12.6. The smallest absolute Gasteiger partial charge is 0.340 e. The molecule has 0 aromatic heterocycles. The zero-order valence-corrected chi connectivity index (χ0v) is 15.0. The molecule has 0 aliphatic carbocycles. The van der Waals surface area contributed by atoms with Crippen molar-refractivity contribution < 1.29 is 14.3 Å². The first kappa shape index (κ1) is 18.7. The fraction of sp³-hybridized carbons (Fsp3) is 0.353. The second-order valence-corrected chi connectivity index (χ2v) is 5.69. The molecule has 8 heteroatoms. The van der Waals surface area contributed by atoms with E-state index >= 15 is 0 Å². The lowest BCUT2D eigenvalue weighted by atomic mass is 10.2. The van der Waals surface area contributed by atoms with E-state index in [1.54, 1.807) is 47.3 Å². The number of carbonyl (C=O) groups is 2. The molecule has 0 saturated carbocycles. The SMILES string of the molecule is C=CCNC(=S)N1CCCN1C(=O)Nc1cccc(C(=O)OCC)c1. The number of benzene rings is 1. The van der Waals surface area contributed by atoms with Crippen LogP contribution in [0.4, 0.5) is 10.5 Å². The summed E-state index contributed by atoms with van der Waals surface area (Å²) in [7, 11) is 0. The Labute approximate surface area is 152 Å². The van der Waals surface area contributed by atoms with E-state index < -0.39 is 5.97 Å². The van der Waals surface area contributed by atoms with Crippen LogP contribution in [0.25, 0.3) is 0 Å². The van der Waals surface area contributed by atoms with Crippen molar-refractivity contribution in [3.05, 3.63) is 42.5 Å². The Kier molecular flexibility index (Phi) is 6.76. The molecule has 134 valence electrons. The van der Waals surface area contributed by atoms with Crippen LogP contribution < -0.4 is 10.6 Å². The molecule has 25 heavy (non-hydrogen) atoms. The topological polar surface area (TPSA) is 73.9 Å². The van der Waals surface area contributed by atoms with Gasteiger partial charge in [-0.25, -0.2) is 14.6 Å². The van der Waals surface area contributed by atoms with Gasteiger partial charge in [0.15, 0.2) is 5.11 Å². The number of hydrogen-bond donors (Lipinski definition) is 2. The molecule has 2 rings (SSSR count). The van der Waals surface area contributed by atoms with Crippen LogP contribution in [0.3, 0.4) is 0 Å². The van der Waals surface area contributed by atoms with Gasteiger partial charge >= 0.3 is 12.0 Å². The van der Waals surface area contributed by atoms with E-state index in [-0.39, 0.29) is 6.03 Å². The summed E-state index contributed by atoms with van der Waals surface area (Å²) in [5.41, 5.74) is 0.911. The van der Waals surface area contributed by atoms with Crippen LogP contribution in [0.15, 0.2) is 36.9 Å². The zero-order chi connectivity index (χ0) is 18.2. The number of hydrogen-bond acceptors (Lipinski definition) is 4. The third-order valence-electron chi connectivity index (χ3n) is 3.52. The average Bonchev–Trinajstić information content (AvgIpc) is 3.10. The molecule has 0 atom stereocenters. The molecular weight excluding hydrogens is 340 g/mol. The molecule has 1 aromatic carbocycles. The average molecular weight is 362 g/mol. The Bertz CT molecular complexity index is 665. The van der Waals surface area contributed by atoms with Gasteiger partial charge in [-0.1, -0.05) is 12.1 Å². The molecule has 2 amide bonds. The molecule has 0 bridgehead atoms. The minimum atomic E-state index is -0.420. The van der Waals surface area contributed by atoms with Crippen LogP contribution in [0.5, 0.6) is 0 Å². The van der Waals surface area contributed by atoms with Crippen molar-refractivity contribution in [1.29, 1.82) is 0 Å². The third-order valence-corrected chi connectivity index (χ3v) is 3.88. The number of urea groups is 1. The summed E-state index contributed by atoms with van der Waals surface area (Å²) in [5.74, 6) is -0.420. The van der Waals surface area contributed by atoms with Crippen LogP contribution in [0.1, 0.15) is 23.7 Å². The van der Waals surface area contributed by atoms with Crippen molar-refractivity contribution in [2.45, 2.75) is 13.3 Å². The van der Waals surface area contributed by atoms with Crippen LogP contribution in [-0.2, 0) is 4.74 Å². The first-order valence-electron chi connectivity index (χ1n) is 8.08. The Morgan fingerprint density at radius 2 is 2.12 bits per heavy atom. The summed E-state index contributed by atoms with van der Waals surface area (Å²) in [4.78, 5) is 24.4. The molecule has 1 aliphatic heterocycles. The van der Waals surface area contributed by atoms with E-state index in [1.807, 2.05) is 0 Å². The summed E-state index contributed by atoms with van der Waals surface area (Å²) in [5, 5.41) is 9.57. The number of ether oxygens (including phenoxy) is 1. The van der Waals surface area contributed by atoms with E-state index in [1.165, 1.54) is 0 Å². The van der Waals surface area contributed by atoms with Gasteiger partial charge in [0.25, 0.3) is 0 Å². The molecule has 7 nitrogen and oxygen atoms in total. The van der Waals surface area contributed by atoms with Crippen LogP contribution >= 0.6 is 12.2 Å². The Morgan fingerprint density at radius 3 is 2.84 bits per heavy atom. The highest BCUT2D eigenvalue weighted by molar-refractivity contribution is 7.80. The number of carbonyl (C=O) groups excluding carboxylic acids is 2. The molecule has 1 saturated heterocycles. The second-order valence-electron chi connectivity index (χ2n) is 5.31. The summed E-state index contributed by atoms with van der Waals surface area (Å²) < 4.78 is 4.97. The lowest BCUT2D eigenvalue weighted by molar-refractivity contribution is 0.0526. The third kappa shape index (κ3) is 4.93. The maximum Gasteiger partial charge on any atom is 0.340 e. The highest BCUT2D eigenvalue weighted by Gasteiger charge is 2.28. The molecule has 0 spiro atoms. The minimum Gasteiger partial charge on any atom is -0.462 e. The normalized spacial score (nSPS) is 13.3. The largest absolute Gasteiger partial charge is 0.462 e. The Morgan fingerprint density at radius 1 is 1.36 bits per heavy atom. The second kappa shape index (κ2) is 9.03. The predicted octanol–water partition coefficient (Wildman–Crippen LogP) is 2.38. The van der Waals surface area contributed by atoms with E-state index in [9.17, 15) is 9.59 Å². The first-order chi connectivity index (χ1) is 12.1. The van der Waals surface area contributed by atoms with Crippen LogP contribution in [0.2, 0.25) is 0 Å². The van der Waals surface area contributed by atoms with Gasteiger partial charge in [-0.3, -0.25) is 5.01 Å². The molecule has 1 fully saturated rings. The molecular formula is C17H22N4O3S. The highest BCUT2D eigenvalue weighted by Crippen LogP contribution is 2.16. The number of rotatable bonds is 5. The monoisotopic (exact) mass is 362 g/mol. The van der Waals surface area contributed by atoms with E-state index in [2.05, 4.69) is 17.2 Å². The molecule has 0 radical (unpaired) electrons. The van der Waals surface area contributed by atoms with Gasteiger partial charge in [0.1, 0.15) is 0 Å². The fourth-order valence-electron chi connectivity index (χ4n) is 2.41. The molecule has 1 aromatic rings. The lowest BCUT2D eigenvalue weighted by Gasteiger charge is -2.30. The Hall–Kier alpha value is -2.61. The van der Waals surface area contributed by atoms with E-state index in [0.29, 0.717) is 42.6 Å². The van der Waals surface area contributed by atoms with Crippen molar-refractivity contribution in [1.82, 2.24) is 15.3 Å². The molecule has 0 unspecified atom stereocenters. The number of hydrazine groups is 1. The number of thiocarbonyl (C=S) groups is 1. The van der Waals surface area contributed by atoms with Crippen molar-refractivity contribution in [3.63, 3.8) is 0 Å². The number of esters is 1. The van der Waals surface area contributed by atoms with Gasteiger partial charge in [-0.2, -0.15) is 0 Å². The summed E-state index contributed by atoms with van der Waals surface area (Å²) in [6.45, 7) is 7.45. The Balaban J connectivity index is 2.03. The van der Waals surface area contributed by atoms with Gasteiger partial charge in [0.2, 0.25) is 0 Å². The maximum absolute atomic E-state index is 12.6. The van der Waals surface area contributed by atoms with Crippen molar-refractivity contribution in [2.75, 3.05) is 31.6 Å². The van der Waals surface area contributed by atoms with Crippen LogP contribution in [0, 0.1) is 0 Å². The highest BCUT2D eigenvalue weighted by atomic mass is 32.1. The number of nitrogens with one attached hydrogen (secondary N) is 2. The standard InChI is InChI=1S/C17H22N4O3S/c1-3-9-18-17(25)21-11-6-10-20(21)16(23)19-14-8-5-7-13(12-14)15(22)24-4-2/h3,5,7-8,12H,1,4,6,9-11H2,2H3,(H,18,25)(H,19,23). The van der Waals surface area contributed by atoms with E-state index in [4.69, 9.17) is 17.0 Å². The summed E-state index contributed by atoms with van der Waals surface area (Å²) >= 11 is 5.31. The first-order valence-corrected chi connectivity index (χ1v) is 8.49. The number of amides is 2. The van der Waals surface area contributed by atoms with Gasteiger partial charge in [-0.05, 0) is 43.8 Å². The van der Waals surface area contributed by atoms with Crippen molar-refractivity contribution in [2.24, 2.45) is 0 Å². The molecule has 2 N–H and O–H groups in total. The van der Waals surface area contributed by atoms with Gasteiger partial charge in [0, 0.05) is 25.3 Å². The molecule has 1 heterocycles.